The molecule has 1 fully saturated rings. The van der Waals surface area contributed by atoms with Gasteiger partial charge in [0.1, 0.15) is 17.5 Å². The first-order chi connectivity index (χ1) is 25.6. The molecule has 0 N–H and O–H groups in total. The summed E-state index contributed by atoms with van der Waals surface area (Å²) in [6.07, 6.45) is 2.86. The molecule has 6 aromatic rings. The van der Waals surface area contributed by atoms with Crippen LogP contribution in [0, 0.1) is 0 Å². The van der Waals surface area contributed by atoms with E-state index in [0.717, 1.165) is 15.7 Å². The summed E-state index contributed by atoms with van der Waals surface area (Å²) in [5.74, 6) is 0.410. The van der Waals surface area contributed by atoms with Crippen molar-refractivity contribution in [2.75, 3.05) is 45.2 Å². The number of methoxy groups -OCH3 is 1. The fourth-order valence-corrected chi connectivity index (χ4v) is 9.12. The van der Waals surface area contributed by atoms with Crippen molar-refractivity contribution in [3.05, 3.63) is 127 Å². The van der Waals surface area contributed by atoms with Gasteiger partial charge in [-0.1, -0.05) is 72.8 Å². The highest BCUT2D eigenvalue weighted by molar-refractivity contribution is 7.89. The van der Waals surface area contributed by atoms with Crippen molar-refractivity contribution in [2.45, 2.75) is 22.5 Å². The summed E-state index contributed by atoms with van der Waals surface area (Å²) in [7, 11) is -5.56. The van der Waals surface area contributed by atoms with E-state index in [1.807, 2.05) is 30.3 Å². The number of hydrogen-bond donors (Lipinski definition) is 0. The Morgan fingerprint density at radius 1 is 0.736 bits per heavy atom. The van der Waals surface area contributed by atoms with Crippen LogP contribution in [-0.4, -0.2) is 88.3 Å². The Bertz CT molecular complexity index is 2500. The SMILES string of the molecule is COc1ccccc1N1CCN(C(=O)[C@H](Cc2ccc(OS(=O)(=O)c3nccc4ccccc34)cc2)N(C)S(=O)(=O)c2nccc3ccccc23)CC1. The molecule has 0 radical (unpaired) electrons. The normalized spacial score (nSPS) is 14.4. The van der Waals surface area contributed by atoms with Gasteiger partial charge < -0.3 is 18.7 Å². The van der Waals surface area contributed by atoms with Gasteiger partial charge in [-0.2, -0.15) is 12.7 Å². The zero-order valence-electron chi connectivity index (χ0n) is 29.1. The van der Waals surface area contributed by atoms with Crippen LogP contribution in [0.1, 0.15) is 5.56 Å². The lowest BCUT2D eigenvalue weighted by atomic mass is 10.0. The fraction of sp³-hybridized carbons (Fsp3) is 0.205. The number of carbonyl (C=O) groups excluding carboxylic acids is 1. The number of benzene rings is 4. The standard InChI is InChI=1S/C39H37N5O7S2/c1-42(52(46,47)37-32-11-5-3-9-29(32)19-21-40-37)35(39(45)44-25-23-43(24-26-44)34-13-7-8-14-36(34)50-2)27-28-15-17-31(18-16-28)51-53(48,49)38-33-12-6-4-10-30(33)20-22-41-38/h3-22,35H,23-27H2,1-2H3/t35-/m0/s1. The van der Waals surface area contributed by atoms with Crippen LogP contribution in [-0.2, 0) is 31.4 Å². The lowest BCUT2D eigenvalue weighted by Crippen LogP contribution is -2.56. The first kappa shape index (κ1) is 35.8. The Kier molecular flexibility index (Phi) is 10.0. The van der Waals surface area contributed by atoms with E-state index in [2.05, 4.69) is 14.9 Å². The van der Waals surface area contributed by atoms with Crippen LogP contribution in [0.15, 0.2) is 132 Å². The Morgan fingerprint density at radius 2 is 1.30 bits per heavy atom. The largest absolute Gasteiger partial charge is 0.495 e. The summed E-state index contributed by atoms with van der Waals surface area (Å²) in [6, 6.07) is 30.2. The van der Waals surface area contributed by atoms with Crippen LogP contribution in [0.2, 0.25) is 0 Å². The minimum absolute atomic E-state index is 0.00393. The van der Waals surface area contributed by atoms with Crippen molar-refractivity contribution >= 4 is 53.3 Å². The number of amides is 1. The number of para-hydroxylation sites is 2. The fourth-order valence-electron chi connectivity index (χ4n) is 6.60. The van der Waals surface area contributed by atoms with Crippen molar-refractivity contribution in [3.8, 4) is 11.5 Å². The molecule has 1 amide bonds. The highest BCUT2D eigenvalue weighted by Crippen LogP contribution is 2.30. The third-order valence-electron chi connectivity index (χ3n) is 9.43. The molecule has 2 aromatic heterocycles. The number of pyridine rings is 2. The summed E-state index contributed by atoms with van der Waals surface area (Å²) in [5, 5.41) is 1.94. The number of piperazine rings is 1. The second kappa shape index (κ2) is 14.8. The monoisotopic (exact) mass is 751 g/mol. The molecular formula is C39H37N5O7S2. The average molecular weight is 752 g/mol. The molecule has 53 heavy (non-hydrogen) atoms. The maximum absolute atomic E-state index is 14.4. The molecule has 1 aliphatic heterocycles. The van der Waals surface area contributed by atoms with Crippen LogP contribution in [0.4, 0.5) is 5.69 Å². The zero-order valence-corrected chi connectivity index (χ0v) is 30.7. The van der Waals surface area contributed by atoms with Gasteiger partial charge in [0.05, 0.1) is 12.8 Å². The van der Waals surface area contributed by atoms with Gasteiger partial charge >= 0.3 is 10.1 Å². The van der Waals surface area contributed by atoms with Crippen LogP contribution in [0.5, 0.6) is 11.5 Å². The van der Waals surface area contributed by atoms with Crippen LogP contribution < -0.4 is 13.8 Å². The minimum atomic E-state index is -4.29. The van der Waals surface area contributed by atoms with Crippen molar-refractivity contribution in [1.29, 1.82) is 0 Å². The van der Waals surface area contributed by atoms with Gasteiger partial charge in [-0.05, 0) is 59.2 Å². The van der Waals surface area contributed by atoms with Gasteiger partial charge in [-0.25, -0.2) is 18.4 Å². The molecular weight excluding hydrogens is 715 g/mol. The van der Waals surface area contributed by atoms with Crippen molar-refractivity contribution in [2.24, 2.45) is 0 Å². The smallest absolute Gasteiger partial charge is 0.357 e. The molecule has 7 rings (SSSR count). The molecule has 0 unspecified atom stereocenters. The number of carbonyl (C=O) groups is 1. The van der Waals surface area contributed by atoms with Crippen molar-refractivity contribution in [3.63, 3.8) is 0 Å². The Balaban J connectivity index is 1.16. The van der Waals surface area contributed by atoms with E-state index in [1.165, 1.54) is 31.6 Å². The number of nitrogens with zero attached hydrogens (tertiary/aromatic N) is 5. The van der Waals surface area contributed by atoms with E-state index in [0.29, 0.717) is 53.3 Å². The van der Waals surface area contributed by atoms with Crippen molar-refractivity contribution in [1.82, 2.24) is 19.2 Å². The molecule has 12 nitrogen and oxygen atoms in total. The summed E-state index contributed by atoms with van der Waals surface area (Å²) in [4.78, 5) is 26.6. The summed E-state index contributed by atoms with van der Waals surface area (Å²) < 4.78 is 67.3. The zero-order chi connectivity index (χ0) is 37.2. The van der Waals surface area contributed by atoms with Gasteiger partial charge in [0, 0.05) is 56.4 Å². The molecule has 272 valence electrons. The number of aromatic nitrogens is 2. The van der Waals surface area contributed by atoms with E-state index in [4.69, 9.17) is 8.92 Å². The van der Waals surface area contributed by atoms with E-state index in [-0.39, 0.29) is 28.1 Å². The second-order valence-corrected chi connectivity index (χ2v) is 16.0. The molecule has 1 atom stereocenters. The van der Waals surface area contributed by atoms with E-state index < -0.39 is 26.2 Å². The predicted octanol–water partition coefficient (Wildman–Crippen LogP) is 5.14. The van der Waals surface area contributed by atoms with E-state index in [1.54, 1.807) is 78.7 Å². The van der Waals surface area contributed by atoms with E-state index in [9.17, 15) is 21.6 Å². The number of sulfonamides is 1. The lowest BCUT2D eigenvalue weighted by molar-refractivity contribution is -0.135. The molecule has 1 saturated heterocycles. The summed E-state index contributed by atoms with van der Waals surface area (Å²) in [6.45, 7) is 1.76. The Morgan fingerprint density at radius 3 is 1.94 bits per heavy atom. The predicted molar refractivity (Wildman–Crippen MR) is 202 cm³/mol. The topological polar surface area (TPSA) is 139 Å². The van der Waals surface area contributed by atoms with Gasteiger partial charge in [-0.3, -0.25) is 4.79 Å². The molecule has 4 aromatic carbocycles. The Hall–Kier alpha value is -5.57. The quantitative estimate of drug-likeness (QED) is 0.164. The van der Waals surface area contributed by atoms with Crippen molar-refractivity contribution < 1.29 is 30.6 Å². The Labute approximate surface area is 308 Å². The number of likely N-dealkylation sites (N-methyl/N-ethyl adjacent to an activating group) is 1. The molecule has 0 aliphatic carbocycles. The molecule has 14 heteroatoms. The maximum Gasteiger partial charge on any atom is 0.357 e. The first-order valence-corrected chi connectivity index (χ1v) is 19.8. The average Bonchev–Trinajstić information content (AvgIpc) is 3.19. The van der Waals surface area contributed by atoms with Gasteiger partial charge in [-0.15, -0.1) is 0 Å². The number of rotatable bonds is 11. The van der Waals surface area contributed by atoms with Gasteiger partial charge in [0.15, 0.2) is 5.03 Å². The summed E-state index contributed by atoms with van der Waals surface area (Å²) >= 11 is 0. The molecule has 1 aliphatic rings. The molecule has 0 saturated carbocycles. The maximum atomic E-state index is 14.4. The van der Waals surface area contributed by atoms with E-state index >= 15 is 0 Å². The van der Waals surface area contributed by atoms with Crippen LogP contribution in [0.25, 0.3) is 21.5 Å². The highest BCUT2D eigenvalue weighted by Gasteiger charge is 2.38. The molecule has 0 spiro atoms. The van der Waals surface area contributed by atoms with Gasteiger partial charge in [0.25, 0.3) is 10.0 Å². The third-order valence-corrected chi connectivity index (χ3v) is 12.5. The summed E-state index contributed by atoms with van der Waals surface area (Å²) in [5.41, 5.74) is 1.51. The van der Waals surface area contributed by atoms with Crippen LogP contribution >= 0.6 is 0 Å². The number of hydrogen-bond acceptors (Lipinski definition) is 10. The number of fused-ring (bicyclic) bond motifs is 2. The minimum Gasteiger partial charge on any atom is -0.495 e. The highest BCUT2D eigenvalue weighted by atomic mass is 32.2. The second-order valence-electron chi connectivity index (χ2n) is 12.6. The number of ether oxygens (including phenoxy) is 1. The molecule has 3 heterocycles. The first-order valence-electron chi connectivity index (χ1n) is 16.9. The number of anilines is 1. The molecule has 0 bridgehead atoms. The van der Waals surface area contributed by atoms with Gasteiger partial charge in [0.2, 0.25) is 10.9 Å². The third kappa shape index (κ3) is 7.25. The van der Waals surface area contributed by atoms with Crippen LogP contribution in [0.3, 0.4) is 0 Å². The lowest BCUT2D eigenvalue weighted by Gasteiger charge is -2.39.